The van der Waals surface area contributed by atoms with Crippen LogP contribution in [-0.4, -0.2) is 22.4 Å². The van der Waals surface area contributed by atoms with Gasteiger partial charge in [-0.15, -0.1) is 0 Å². The lowest BCUT2D eigenvalue weighted by atomic mass is 9.71. The maximum atomic E-state index is 10.1. The quantitative estimate of drug-likeness (QED) is 0.257. The van der Waals surface area contributed by atoms with E-state index in [1.165, 1.54) is 44.6 Å². The molecule has 2 aliphatic carbocycles. The molecule has 2 aliphatic rings. The maximum Gasteiger partial charge on any atom is 0.0585 e. The monoisotopic (exact) mass is 568 g/mol. The highest BCUT2D eigenvalue weighted by atomic mass is 16.3. The van der Waals surface area contributed by atoms with Crippen LogP contribution in [0.15, 0.2) is 130 Å². The predicted molar refractivity (Wildman–Crippen MR) is 184 cm³/mol. The molecule has 0 heterocycles. The molecule has 0 bridgehead atoms. The summed E-state index contributed by atoms with van der Waals surface area (Å²) < 4.78 is 0. The van der Waals surface area contributed by atoms with Crippen molar-refractivity contribution >= 4 is 0 Å². The summed E-state index contributed by atoms with van der Waals surface area (Å²) in [5.41, 5.74) is 10.1. The number of aliphatic hydroxyl groups is 2. The van der Waals surface area contributed by atoms with E-state index in [1.54, 1.807) is 0 Å². The van der Waals surface area contributed by atoms with Crippen LogP contribution < -0.4 is 0 Å². The molecule has 0 saturated carbocycles. The molecule has 0 saturated heterocycles. The predicted octanol–water partition coefficient (Wildman–Crippen LogP) is 10.5. The third kappa shape index (κ3) is 11.7. The van der Waals surface area contributed by atoms with Gasteiger partial charge in [-0.1, -0.05) is 146 Å². The maximum absolute atomic E-state index is 10.1. The van der Waals surface area contributed by atoms with Crippen LogP contribution in [0.1, 0.15) is 94.9 Å². The highest BCUT2D eigenvalue weighted by Crippen LogP contribution is 2.42. The van der Waals surface area contributed by atoms with Gasteiger partial charge in [0.25, 0.3) is 0 Å². The van der Waals surface area contributed by atoms with Gasteiger partial charge in [-0.2, -0.15) is 0 Å². The van der Waals surface area contributed by atoms with Crippen molar-refractivity contribution in [1.29, 1.82) is 0 Å². The van der Waals surface area contributed by atoms with Gasteiger partial charge in [0.1, 0.15) is 0 Å². The topological polar surface area (TPSA) is 40.5 Å². The van der Waals surface area contributed by atoms with Crippen molar-refractivity contribution in [2.45, 2.75) is 107 Å². The highest BCUT2D eigenvalue weighted by molar-refractivity contribution is 5.39. The fourth-order valence-electron chi connectivity index (χ4n) is 6.13. The first kappa shape index (κ1) is 35.3. The Labute approximate surface area is 257 Å². The molecule has 2 nitrogen and oxygen atoms in total. The Bertz CT molecular complexity index is 1190. The largest absolute Gasteiger partial charge is 0.393 e. The molecule has 2 rings (SSSR count). The summed E-state index contributed by atoms with van der Waals surface area (Å²) in [5, 5.41) is 20.2. The second kappa shape index (κ2) is 16.1. The fourth-order valence-corrected chi connectivity index (χ4v) is 6.13. The summed E-state index contributed by atoms with van der Waals surface area (Å²) in [6, 6.07) is 0. The van der Waals surface area contributed by atoms with E-state index in [4.69, 9.17) is 0 Å². The Balaban J connectivity index is 1.90. The van der Waals surface area contributed by atoms with Crippen LogP contribution in [0.3, 0.4) is 0 Å². The van der Waals surface area contributed by atoms with E-state index in [0.717, 1.165) is 25.7 Å². The van der Waals surface area contributed by atoms with Gasteiger partial charge in [0.15, 0.2) is 0 Å². The van der Waals surface area contributed by atoms with E-state index in [0.29, 0.717) is 0 Å². The summed E-state index contributed by atoms with van der Waals surface area (Å²) in [4.78, 5) is 0. The molecule has 0 radical (unpaired) electrons. The zero-order chi connectivity index (χ0) is 31.5. The first-order valence-corrected chi connectivity index (χ1v) is 15.5. The molecule has 2 N–H and O–H groups in total. The molecule has 228 valence electrons. The SMILES string of the molecule is CC1=C(\C=C/C(C)=C\C=C\C(C)=C\C=C\C=C(C)\C=C\C=C(C)/C=C\C2=C(C)C[C@@H](O)CC2(C)C)C(C)(C)C[C@H](O)C1. The third-order valence-corrected chi connectivity index (χ3v) is 8.24. The van der Waals surface area contributed by atoms with Gasteiger partial charge in [0.05, 0.1) is 12.2 Å². The number of aliphatic hydroxyl groups excluding tert-OH is 2. The molecular formula is C40H56O2. The van der Waals surface area contributed by atoms with Gasteiger partial charge < -0.3 is 10.2 Å². The minimum atomic E-state index is -0.227. The van der Waals surface area contributed by atoms with Crippen molar-refractivity contribution in [3.63, 3.8) is 0 Å². The minimum absolute atomic E-state index is 0.00547. The van der Waals surface area contributed by atoms with E-state index in [9.17, 15) is 10.2 Å². The second-order valence-corrected chi connectivity index (χ2v) is 13.7. The van der Waals surface area contributed by atoms with Gasteiger partial charge in [-0.25, -0.2) is 0 Å². The van der Waals surface area contributed by atoms with Crippen molar-refractivity contribution in [1.82, 2.24) is 0 Å². The molecule has 0 aliphatic heterocycles. The van der Waals surface area contributed by atoms with E-state index in [2.05, 4.69) is 154 Å². The summed E-state index contributed by atoms with van der Waals surface area (Å²) >= 11 is 0. The van der Waals surface area contributed by atoms with Crippen LogP contribution in [-0.2, 0) is 0 Å². The summed E-state index contributed by atoms with van der Waals surface area (Å²) in [6.45, 7) is 21.6. The fraction of sp³-hybridized carbons (Fsp3) is 0.450. The minimum Gasteiger partial charge on any atom is -0.393 e. The highest BCUT2D eigenvalue weighted by Gasteiger charge is 2.32. The van der Waals surface area contributed by atoms with Gasteiger partial charge in [0.2, 0.25) is 0 Å². The van der Waals surface area contributed by atoms with E-state index < -0.39 is 0 Å². The van der Waals surface area contributed by atoms with Crippen molar-refractivity contribution in [3.05, 3.63) is 130 Å². The molecule has 0 aromatic rings. The summed E-state index contributed by atoms with van der Waals surface area (Å²) in [5.74, 6) is 0. The number of hydrogen-bond donors (Lipinski definition) is 2. The third-order valence-electron chi connectivity index (χ3n) is 8.24. The average Bonchev–Trinajstić information content (AvgIpc) is 2.84. The van der Waals surface area contributed by atoms with Crippen LogP contribution in [0.2, 0.25) is 0 Å². The van der Waals surface area contributed by atoms with Gasteiger partial charge in [0, 0.05) is 0 Å². The molecule has 2 atom stereocenters. The Hall–Kier alpha value is -2.94. The number of rotatable bonds is 10. The molecule has 0 aromatic heterocycles. The first-order valence-electron chi connectivity index (χ1n) is 15.5. The molecule has 42 heavy (non-hydrogen) atoms. The molecule has 0 fully saturated rings. The summed E-state index contributed by atoms with van der Waals surface area (Å²) in [7, 11) is 0. The molecule has 0 unspecified atom stereocenters. The lowest BCUT2D eigenvalue weighted by Gasteiger charge is -2.35. The molecule has 2 heteroatoms. The van der Waals surface area contributed by atoms with Gasteiger partial charge in [-0.05, 0) is 89.2 Å². The Morgan fingerprint density at radius 2 is 0.857 bits per heavy atom. The average molecular weight is 569 g/mol. The van der Waals surface area contributed by atoms with Gasteiger partial charge >= 0.3 is 0 Å². The molecular weight excluding hydrogens is 512 g/mol. The number of hydrogen-bond acceptors (Lipinski definition) is 2. The van der Waals surface area contributed by atoms with E-state index in [-0.39, 0.29) is 23.0 Å². The number of allylic oxidation sites excluding steroid dienone is 20. The van der Waals surface area contributed by atoms with E-state index in [1.807, 2.05) is 0 Å². The Morgan fingerprint density at radius 3 is 1.19 bits per heavy atom. The smallest absolute Gasteiger partial charge is 0.0585 e. The zero-order valence-electron chi connectivity index (χ0n) is 28.0. The summed E-state index contributed by atoms with van der Waals surface area (Å²) in [6.07, 6.45) is 32.6. The molecule has 0 spiro atoms. The zero-order valence-corrected chi connectivity index (χ0v) is 28.0. The Morgan fingerprint density at radius 1 is 0.548 bits per heavy atom. The van der Waals surface area contributed by atoms with E-state index >= 15 is 0 Å². The van der Waals surface area contributed by atoms with Crippen LogP contribution in [0.25, 0.3) is 0 Å². The Kier molecular flexibility index (Phi) is 13.5. The van der Waals surface area contributed by atoms with Crippen LogP contribution in [0.4, 0.5) is 0 Å². The van der Waals surface area contributed by atoms with Crippen molar-refractivity contribution in [2.24, 2.45) is 10.8 Å². The van der Waals surface area contributed by atoms with Crippen molar-refractivity contribution in [3.8, 4) is 0 Å². The molecule has 0 amide bonds. The van der Waals surface area contributed by atoms with Crippen LogP contribution in [0.5, 0.6) is 0 Å². The van der Waals surface area contributed by atoms with Crippen molar-refractivity contribution in [2.75, 3.05) is 0 Å². The lowest BCUT2D eigenvalue weighted by molar-refractivity contribution is 0.116. The first-order chi connectivity index (χ1) is 19.6. The van der Waals surface area contributed by atoms with Crippen molar-refractivity contribution < 1.29 is 10.2 Å². The second-order valence-electron chi connectivity index (χ2n) is 13.7. The lowest BCUT2D eigenvalue weighted by Crippen LogP contribution is -2.28. The molecule has 0 aromatic carbocycles. The van der Waals surface area contributed by atoms with Crippen LogP contribution in [0, 0.1) is 10.8 Å². The normalized spacial score (nSPS) is 25.0. The standard InChI is InChI=1S/C40H56O2/c1-29(17-13-19-31(3)21-23-37-33(5)25-35(41)27-39(37,7)8)15-11-12-16-30(2)18-14-20-32(4)22-24-38-34(6)26-36(42)28-40(38,9)10/h11-24,35-36,41-42H,25-28H2,1-10H3/b12-11+,17-13+,18-14+,23-21-,24-22-,29-15+,30-16+,31-19-,32-20-/t35-,36-/m1/s1. The van der Waals surface area contributed by atoms with Gasteiger partial charge in [-0.3, -0.25) is 0 Å². The van der Waals surface area contributed by atoms with Crippen LogP contribution >= 0.6 is 0 Å².